The zero-order valence-corrected chi connectivity index (χ0v) is 11.2. The van der Waals surface area contributed by atoms with E-state index in [4.69, 9.17) is 5.11 Å². The number of esters is 1. The molecule has 1 aromatic carbocycles. The van der Waals surface area contributed by atoms with E-state index in [0.29, 0.717) is 5.56 Å². The Morgan fingerprint density at radius 3 is 2.53 bits per heavy atom. The molecular weight excluding hydrogens is 274 g/mol. The molecule has 0 aromatic heterocycles. The maximum absolute atomic E-state index is 11.9. The lowest BCUT2D eigenvalue weighted by atomic mass is 10.1. The van der Waals surface area contributed by atoms with Crippen molar-refractivity contribution in [1.29, 1.82) is 0 Å². The molecule has 104 valence electrons. The molecule has 7 nitrogen and oxygen atoms in total. The quantitative estimate of drug-likeness (QED) is 0.746. The average Bonchev–Trinajstić information content (AvgIpc) is 2.36. The van der Waals surface area contributed by atoms with Crippen LogP contribution in [0.4, 0.5) is 0 Å². The van der Waals surface area contributed by atoms with Gasteiger partial charge in [0.2, 0.25) is 10.0 Å². The highest BCUT2D eigenvalue weighted by Gasteiger charge is 2.19. The molecule has 0 aliphatic carbocycles. The number of hydrogen-bond donors (Lipinski definition) is 2. The fraction of sp³-hybridized carbons (Fsp3) is 0.273. The largest absolute Gasteiger partial charge is 0.478 e. The first-order valence-electron chi connectivity index (χ1n) is 5.18. The van der Waals surface area contributed by atoms with Gasteiger partial charge in [-0.3, -0.25) is 4.79 Å². The molecule has 0 radical (unpaired) electrons. The molecule has 0 aliphatic rings. The van der Waals surface area contributed by atoms with Crippen molar-refractivity contribution in [2.75, 3.05) is 13.7 Å². The second-order valence-corrected chi connectivity index (χ2v) is 5.42. The minimum absolute atomic E-state index is 0.149. The molecule has 0 heterocycles. The molecule has 2 N–H and O–H groups in total. The lowest BCUT2D eigenvalue weighted by Gasteiger charge is -2.09. The third-order valence-electron chi connectivity index (χ3n) is 2.36. The zero-order chi connectivity index (χ0) is 14.6. The Morgan fingerprint density at radius 1 is 1.37 bits per heavy atom. The Hall–Kier alpha value is -1.93. The van der Waals surface area contributed by atoms with Gasteiger partial charge in [-0.2, -0.15) is 4.72 Å². The third-order valence-corrected chi connectivity index (χ3v) is 3.90. The van der Waals surface area contributed by atoms with Gasteiger partial charge in [0, 0.05) is 0 Å². The zero-order valence-electron chi connectivity index (χ0n) is 10.3. The summed E-state index contributed by atoms with van der Waals surface area (Å²) in [6, 6.07) is 3.73. The van der Waals surface area contributed by atoms with Crippen LogP contribution in [-0.2, 0) is 19.6 Å². The summed E-state index contributed by atoms with van der Waals surface area (Å²) >= 11 is 0. The number of methoxy groups -OCH3 is 1. The fourth-order valence-corrected chi connectivity index (χ4v) is 2.56. The molecule has 19 heavy (non-hydrogen) atoms. The van der Waals surface area contributed by atoms with Crippen molar-refractivity contribution >= 4 is 22.0 Å². The topological polar surface area (TPSA) is 110 Å². The second kappa shape index (κ2) is 5.81. The number of carbonyl (C=O) groups is 2. The SMILES string of the molecule is COC(=O)CNS(=O)(=O)c1cc(C(=O)O)ccc1C. The first-order valence-corrected chi connectivity index (χ1v) is 6.66. The molecule has 0 aliphatic heterocycles. The van der Waals surface area contributed by atoms with Gasteiger partial charge in [-0.1, -0.05) is 6.07 Å². The van der Waals surface area contributed by atoms with E-state index in [0.717, 1.165) is 13.2 Å². The third kappa shape index (κ3) is 3.76. The van der Waals surface area contributed by atoms with Gasteiger partial charge < -0.3 is 9.84 Å². The van der Waals surface area contributed by atoms with Gasteiger partial charge in [0.1, 0.15) is 6.54 Å². The molecule has 0 amide bonds. The number of rotatable bonds is 5. The number of aryl methyl sites for hydroxylation is 1. The van der Waals surface area contributed by atoms with Gasteiger partial charge in [0.15, 0.2) is 0 Å². The summed E-state index contributed by atoms with van der Waals surface area (Å²) in [6.07, 6.45) is 0. The monoisotopic (exact) mass is 287 g/mol. The number of ether oxygens (including phenoxy) is 1. The molecule has 0 saturated heterocycles. The van der Waals surface area contributed by atoms with Crippen molar-refractivity contribution in [2.24, 2.45) is 0 Å². The Labute approximate surface area is 110 Å². The van der Waals surface area contributed by atoms with E-state index in [2.05, 4.69) is 4.74 Å². The van der Waals surface area contributed by atoms with Crippen LogP contribution in [-0.4, -0.2) is 39.1 Å². The molecule has 1 aromatic rings. The first kappa shape index (κ1) is 15.1. The van der Waals surface area contributed by atoms with Crippen LogP contribution in [0.1, 0.15) is 15.9 Å². The number of hydrogen-bond acceptors (Lipinski definition) is 5. The van der Waals surface area contributed by atoms with E-state index in [9.17, 15) is 18.0 Å². The molecule has 0 atom stereocenters. The summed E-state index contributed by atoms with van der Waals surface area (Å²) in [5.74, 6) is -1.97. The predicted molar refractivity (Wildman–Crippen MR) is 65.3 cm³/mol. The molecular formula is C11H13NO6S. The van der Waals surface area contributed by atoms with Crippen molar-refractivity contribution < 1.29 is 27.9 Å². The highest BCUT2D eigenvalue weighted by molar-refractivity contribution is 7.89. The maximum atomic E-state index is 11.9. The summed E-state index contributed by atoms with van der Waals surface area (Å²) in [4.78, 5) is 21.5. The summed E-state index contributed by atoms with van der Waals surface area (Å²) in [6.45, 7) is 1.01. The van der Waals surface area contributed by atoms with Crippen LogP contribution in [0.5, 0.6) is 0 Å². The van der Waals surface area contributed by atoms with E-state index in [-0.39, 0.29) is 10.5 Å². The number of nitrogens with one attached hydrogen (secondary N) is 1. The highest BCUT2D eigenvalue weighted by Crippen LogP contribution is 2.17. The minimum atomic E-state index is -3.97. The molecule has 0 bridgehead atoms. The first-order chi connectivity index (χ1) is 8.77. The molecule has 0 spiro atoms. The maximum Gasteiger partial charge on any atom is 0.335 e. The predicted octanol–water partition coefficient (Wildman–Crippen LogP) is 0.145. The molecule has 8 heteroatoms. The lowest BCUT2D eigenvalue weighted by molar-refractivity contribution is -0.139. The molecule has 0 fully saturated rings. The van der Waals surface area contributed by atoms with Gasteiger partial charge in [-0.25, -0.2) is 13.2 Å². The molecule has 0 unspecified atom stereocenters. The van der Waals surface area contributed by atoms with Crippen LogP contribution >= 0.6 is 0 Å². The number of carboxylic acids is 1. The number of carboxylic acid groups (broad SMARTS) is 1. The van der Waals surface area contributed by atoms with E-state index in [1.807, 2.05) is 4.72 Å². The van der Waals surface area contributed by atoms with Crippen molar-refractivity contribution in [2.45, 2.75) is 11.8 Å². The van der Waals surface area contributed by atoms with Gasteiger partial charge in [-0.05, 0) is 24.6 Å². The molecule has 1 rings (SSSR count). The van der Waals surface area contributed by atoms with Crippen LogP contribution < -0.4 is 4.72 Å². The van der Waals surface area contributed by atoms with E-state index >= 15 is 0 Å². The highest BCUT2D eigenvalue weighted by atomic mass is 32.2. The Morgan fingerprint density at radius 2 is 2.00 bits per heavy atom. The van der Waals surface area contributed by atoms with E-state index < -0.39 is 28.5 Å². The fourth-order valence-electron chi connectivity index (χ4n) is 1.33. The standard InChI is InChI=1S/C11H13NO6S/c1-7-3-4-8(11(14)15)5-9(7)19(16,17)12-6-10(13)18-2/h3-5,12H,6H2,1-2H3,(H,14,15). The van der Waals surface area contributed by atoms with Crippen molar-refractivity contribution in [1.82, 2.24) is 4.72 Å². The smallest absolute Gasteiger partial charge is 0.335 e. The Balaban J connectivity index is 3.10. The van der Waals surface area contributed by atoms with Crippen molar-refractivity contribution in [3.63, 3.8) is 0 Å². The van der Waals surface area contributed by atoms with Gasteiger partial charge >= 0.3 is 11.9 Å². The van der Waals surface area contributed by atoms with Crippen LogP contribution in [0.25, 0.3) is 0 Å². The Kier molecular flexibility index (Phi) is 4.62. The summed E-state index contributed by atoms with van der Waals surface area (Å²) in [5, 5.41) is 8.83. The minimum Gasteiger partial charge on any atom is -0.478 e. The van der Waals surface area contributed by atoms with E-state index in [1.54, 1.807) is 0 Å². The van der Waals surface area contributed by atoms with Gasteiger partial charge in [0.25, 0.3) is 0 Å². The normalized spacial score (nSPS) is 11.1. The number of aromatic carboxylic acids is 1. The number of benzene rings is 1. The number of sulfonamides is 1. The summed E-state index contributed by atoms with van der Waals surface area (Å²) < 4.78 is 30.2. The van der Waals surface area contributed by atoms with Crippen LogP contribution in [0.15, 0.2) is 23.1 Å². The van der Waals surface area contributed by atoms with Crippen molar-refractivity contribution in [3.05, 3.63) is 29.3 Å². The summed E-state index contributed by atoms with van der Waals surface area (Å²) in [7, 11) is -2.83. The van der Waals surface area contributed by atoms with Crippen LogP contribution in [0, 0.1) is 6.92 Å². The average molecular weight is 287 g/mol. The van der Waals surface area contributed by atoms with Crippen molar-refractivity contribution in [3.8, 4) is 0 Å². The van der Waals surface area contributed by atoms with Gasteiger partial charge in [-0.15, -0.1) is 0 Å². The van der Waals surface area contributed by atoms with Crippen LogP contribution in [0.2, 0.25) is 0 Å². The number of carbonyl (C=O) groups excluding carboxylic acids is 1. The second-order valence-electron chi connectivity index (χ2n) is 3.69. The summed E-state index contributed by atoms with van der Waals surface area (Å²) in [5.41, 5.74) is 0.228. The van der Waals surface area contributed by atoms with Gasteiger partial charge in [0.05, 0.1) is 17.6 Å². The van der Waals surface area contributed by atoms with E-state index in [1.165, 1.54) is 19.1 Å². The molecule has 0 saturated carbocycles. The Bertz CT molecular complexity index is 608. The lowest BCUT2D eigenvalue weighted by Crippen LogP contribution is -2.30. The van der Waals surface area contributed by atoms with Crippen LogP contribution in [0.3, 0.4) is 0 Å².